The third-order valence-electron chi connectivity index (χ3n) is 5.58. The first kappa shape index (κ1) is 17.8. The van der Waals surface area contributed by atoms with Gasteiger partial charge in [0.25, 0.3) is 0 Å². The molecule has 3 heterocycles. The highest BCUT2D eigenvalue weighted by Crippen LogP contribution is 2.28. The van der Waals surface area contributed by atoms with Gasteiger partial charge in [-0.2, -0.15) is 0 Å². The number of benzene rings is 1. The van der Waals surface area contributed by atoms with Crippen LogP contribution >= 0.6 is 0 Å². The summed E-state index contributed by atoms with van der Waals surface area (Å²) in [7, 11) is 0. The quantitative estimate of drug-likeness (QED) is 0.715. The van der Waals surface area contributed by atoms with E-state index in [1.807, 2.05) is 53.8 Å². The van der Waals surface area contributed by atoms with Crippen LogP contribution in [0.3, 0.4) is 0 Å². The number of nitrogens with zero attached hydrogens (tertiary/aromatic N) is 4. The summed E-state index contributed by atoms with van der Waals surface area (Å²) < 4.78 is 0. The van der Waals surface area contributed by atoms with Crippen molar-refractivity contribution in [2.75, 3.05) is 13.1 Å². The van der Waals surface area contributed by atoms with Crippen LogP contribution in [-0.4, -0.2) is 50.0 Å². The average Bonchev–Trinajstić information content (AvgIpc) is 3.46. The lowest BCUT2D eigenvalue weighted by atomic mass is 9.97. The van der Waals surface area contributed by atoms with E-state index < -0.39 is 0 Å². The second kappa shape index (κ2) is 7.66. The zero-order valence-electron chi connectivity index (χ0n) is 16.2. The Kier molecular flexibility index (Phi) is 4.71. The van der Waals surface area contributed by atoms with Crippen molar-refractivity contribution >= 4 is 6.03 Å². The molecule has 3 aromatic rings. The highest BCUT2D eigenvalue weighted by atomic mass is 16.2. The fraction of sp³-hybridized carbons (Fsp3) is 0.364. The second-order valence-corrected chi connectivity index (χ2v) is 7.84. The number of carbonyl (C=O) groups excluding carboxylic acids is 1. The lowest BCUT2D eigenvalue weighted by Gasteiger charge is -2.31. The highest BCUT2D eigenvalue weighted by Gasteiger charge is 2.30. The minimum atomic E-state index is 0.0638. The van der Waals surface area contributed by atoms with E-state index in [1.54, 1.807) is 0 Å². The van der Waals surface area contributed by atoms with E-state index in [1.165, 1.54) is 0 Å². The molecule has 0 radical (unpaired) electrons. The fourth-order valence-electron chi connectivity index (χ4n) is 3.77. The summed E-state index contributed by atoms with van der Waals surface area (Å²) >= 11 is 0. The van der Waals surface area contributed by atoms with Crippen LogP contribution in [0.2, 0.25) is 0 Å². The molecule has 2 aliphatic rings. The number of likely N-dealkylation sites (tertiary alicyclic amines) is 1. The van der Waals surface area contributed by atoms with Crippen LogP contribution in [0, 0.1) is 0 Å². The van der Waals surface area contributed by atoms with Crippen molar-refractivity contribution in [3.8, 4) is 22.6 Å². The SMILES string of the molecule is O=C(NC1CC1)N1CCC[C@@H](c2nc(-c3cnc(-c4ccccc4)nc3)c[nH]2)C1. The number of rotatable bonds is 4. The van der Waals surface area contributed by atoms with Crippen LogP contribution in [0.25, 0.3) is 22.6 Å². The van der Waals surface area contributed by atoms with Gasteiger partial charge in [0.2, 0.25) is 0 Å². The van der Waals surface area contributed by atoms with E-state index in [0.717, 1.165) is 54.9 Å². The summed E-state index contributed by atoms with van der Waals surface area (Å²) in [5, 5.41) is 3.09. The summed E-state index contributed by atoms with van der Waals surface area (Å²) in [5.74, 6) is 1.86. The van der Waals surface area contributed by atoms with Crippen molar-refractivity contribution in [1.29, 1.82) is 0 Å². The Morgan fingerprint density at radius 1 is 1.07 bits per heavy atom. The Balaban J connectivity index is 1.28. The van der Waals surface area contributed by atoms with E-state index in [0.29, 0.717) is 18.4 Å². The van der Waals surface area contributed by atoms with E-state index in [4.69, 9.17) is 4.98 Å². The van der Waals surface area contributed by atoms with Crippen molar-refractivity contribution in [3.63, 3.8) is 0 Å². The molecule has 7 heteroatoms. The van der Waals surface area contributed by atoms with E-state index in [9.17, 15) is 4.79 Å². The molecule has 2 aromatic heterocycles. The zero-order chi connectivity index (χ0) is 19.6. The number of nitrogens with one attached hydrogen (secondary N) is 2. The fourth-order valence-corrected chi connectivity index (χ4v) is 3.77. The maximum absolute atomic E-state index is 12.4. The number of carbonyl (C=O) groups is 1. The lowest BCUT2D eigenvalue weighted by Crippen LogP contribution is -2.45. The predicted molar refractivity (Wildman–Crippen MR) is 110 cm³/mol. The minimum absolute atomic E-state index is 0.0638. The van der Waals surface area contributed by atoms with Gasteiger partial charge in [-0.15, -0.1) is 0 Å². The molecule has 0 unspecified atom stereocenters. The molecule has 2 N–H and O–H groups in total. The average molecular weight is 388 g/mol. The summed E-state index contributed by atoms with van der Waals surface area (Å²) in [6.07, 6.45) is 9.76. The number of imidazole rings is 1. The standard InChI is InChI=1S/C22H24N6O/c29-22(26-18-8-9-18)28-10-4-7-16(14-28)21-25-13-19(27-21)17-11-23-20(24-12-17)15-5-2-1-3-6-15/h1-3,5-6,11-13,16,18H,4,7-10,14H2,(H,25,27)(H,26,29)/t16-/m1/s1. The van der Waals surface area contributed by atoms with Crippen LogP contribution in [0.1, 0.15) is 37.4 Å². The number of hydrogen-bond donors (Lipinski definition) is 2. The molecule has 0 bridgehead atoms. The van der Waals surface area contributed by atoms with E-state index in [2.05, 4.69) is 20.3 Å². The Hall–Kier alpha value is -3.22. The van der Waals surface area contributed by atoms with Gasteiger partial charge in [0, 0.05) is 54.8 Å². The molecule has 5 rings (SSSR count). The number of H-pyrrole nitrogens is 1. The van der Waals surface area contributed by atoms with Crippen LogP contribution < -0.4 is 5.32 Å². The third-order valence-corrected chi connectivity index (χ3v) is 5.58. The molecular weight excluding hydrogens is 364 g/mol. The van der Waals surface area contributed by atoms with E-state index >= 15 is 0 Å². The largest absolute Gasteiger partial charge is 0.348 e. The first-order valence-corrected chi connectivity index (χ1v) is 10.2. The van der Waals surface area contributed by atoms with Crippen LogP contribution in [-0.2, 0) is 0 Å². The van der Waals surface area contributed by atoms with Crippen LogP contribution in [0.5, 0.6) is 0 Å². The Bertz CT molecular complexity index is 980. The maximum atomic E-state index is 12.4. The topological polar surface area (TPSA) is 86.8 Å². The summed E-state index contributed by atoms with van der Waals surface area (Å²) in [6.45, 7) is 1.52. The molecule has 148 valence electrons. The van der Waals surface area contributed by atoms with Crippen molar-refractivity contribution in [1.82, 2.24) is 30.2 Å². The van der Waals surface area contributed by atoms with Gasteiger partial charge in [-0.1, -0.05) is 30.3 Å². The summed E-state index contributed by atoms with van der Waals surface area (Å²) in [4.78, 5) is 31.4. The normalized spacial score (nSPS) is 19.2. The Labute approximate surface area is 169 Å². The summed E-state index contributed by atoms with van der Waals surface area (Å²) in [5.41, 5.74) is 2.71. The van der Waals surface area contributed by atoms with Crippen molar-refractivity contribution < 1.29 is 4.79 Å². The molecule has 1 atom stereocenters. The molecule has 2 fully saturated rings. The molecular formula is C22H24N6O. The lowest BCUT2D eigenvalue weighted by molar-refractivity contribution is 0.178. The monoisotopic (exact) mass is 388 g/mol. The number of urea groups is 1. The van der Waals surface area contributed by atoms with Crippen molar-refractivity contribution in [2.24, 2.45) is 0 Å². The highest BCUT2D eigenvalue weighted by molar-refractivity contribution is 5.75. The molecule has 2 amide bonds. The van der Waals surface area contributed by atoms with Gasteiger partial charge in [-0.25, -0.2) is 19.7 Å². The Morgan fingerprint density at radius 3 is 2.62 bits per heavy atom. The molecule has 29 heavy (non-hydrogen) atoms. The molecule has 1 aliphatic heterocycles. The molecule has 1 aliphatic carbocycles. The van der Waals surface area contributed by atoms with Gasteiger partial charge in [0.1, 0.15) is 5.82 Å². The van der Waals surface area contributed by atoms with Gasteiger partial charge >= 0.3 is 6.03 Å². The number of amides is 2. The number of hydrogen-bond acceptors (Lipinski definition) is 4. The van der Waals surface area contributed by atoms with Crippen molar-refractivity contribution in [3.05, 3.63) is 54.7 Å². The number of aromatic nitrogens is 4. The minimum Gasteiger partial charge on any atom is -0.348 e. The smallest absolute Gasteiger partial charge is 0.317 e. The second-order valence-electron chi connectivity index (χ2n) is 7.84. The van der Waals surface area contributed by atoms with Crippen LogP contribution in [0.15, 0.2) is 48.9 Å². The molecule has 0 spiro atoms. The maximum Gasteiger partial charge on any atom is 0.317 e. The number of piperidine rings is 1. The Morgan fingerprint density at radius 2 is 1.86 bits per heavy atom. The van der Waals surface area contributed by atoms with Gasteiger partial charge in [0.05, 0.1) is 5.69 Å². The number of aromatic amines is 1. The third kappa shape index (κ3) is 3.99. The molecule has 1 saturated carbocycles. The summed E-state index contributed by atoms with van der Waals surface area (Å²) in [6, 6.07) is 10.4. The van der Waals surface area contributed by atoms with Crippen LogP contribution in [0.4, 0.5) is 4.79 Å². The van der Waals surface area contributed by atoms with Gasteiger partial charge in [-0.3, -0.25) is 0 Å². The first-order valence-electron chi connectivity index (χ1n) is 10.2. The van der Waals surface area contributed by atoms with Gasteiger partial charge in [-0.05, 0) is 25.7 Å². The van der Waals surface area contributed by atoms with Gasteiger partial charge < -0.3 is 15.2 Å². The molecule has 1 aromatic carbocycles. The van der Waals surface area contributed by atoms with Crippen molar-refractivity contribution in [2.45, 2.75) is 37.6 Å². The zero-order valence-corrected chi connectivity index (χ0v) is 16.2. The first-order chi connectivity index (χ1) is 14.3. The predicted octanol–water partition coefficient (Wildman–Crippen LogP) is 3.59. The van der Waals surface area contributed by atoms with E-state index in [-0.39, 0.29) is 11.9 Å². The molecule has 1 saturated heterocycles. The van der Waals surface area contributed by atoms with Gasteiger partial charge in [0.15, 0.2) is 5.82 Å². The molecule has 7 nitrogen and oxygen atoms in total.